The van der Waals surface area contributed by atoms with E-state index in [0.29, 0.717) is 11.4 Å². The topological polar surface area (TPSA) is 75.7 Å². The second-order valence-electron chi connectivity index (χ2n) is 6.51. The second kappa shape index (κ2) is 8.00. The first-order valence-corrected chi connectivity index (χ1v) is 10.1. The smallest absolute Gasteiger partial charge is 0.242 e. The van der Waals surface area contributed by atoms with Gasteiger partial charge in [0.15, 0.2) is 0 Å². The Labute approximate surface area is 164 Å². The summed E-state index contributed by atoms with van der Waals surface area (Å²) in [4.78, 5) is 12.7. The number of benzene rings is 3. The number of fused-ring (bicyclic) bond motifs is 1. The van der Waals surface area contributed by atoms with Gasteiger partial charge in [-0.25, -0.2) is 12.7 Å². The lowest BCUT2D eigenvalue weighted by Gasteiger charge is -2.15. The first kappa shape index (κ1) is 19.9. The van der Waals surface area contributed by atoms with Gasteiger partial charge in [-0.3, -0.25) is 4.79 Å². The van der Waals surface area contributed by atoms with Crippen LogP contribution in [-0.2, 0) is 21.2 Å². The average molecular weight is 398 g/mol. The Kier molecular flexibility index (Phi) is 5.67. The number of nitrogens with zero attached hydrogens (tertiary/aromatic N) is 1. The third kappa shape index (κ3) is 4.00. The molecule has 1 N–H and O–H groups in total. The summed E-state index contributed by atoms with van der Waals surface area (Å²) in [6.07, 6.45) is 0.162. The average Bonchev–Trinajstić information content (AvgIpc) is 2.68. The van der Waals surface area contributed by atoms with Gasteiger partial charge in [-0.05, 0) is 34.5 Å². The van der Waals surface area contributed by atoms with Gasteiger partial charge in [0.05, 0.1) is 24.1 Å². The van der Waals surface area contributed by atoms with E-state index in [0.717, 1.165) is 20.6 Å². The highest BCUT2D eigenvalue weighted by atomic mass is 32.2. The van der Waals surface area contributed by atoms with Crippen molar-refractivity contribution in [2.24, 2.45) is 0 Å². The van der Waals surface area contributed by atoms with Gasteiger partial charge in [0, 0.05) is 14.1 Å². The maximum atomic E-state index is 12.7. The molecule has 3 aromatic rings. The normalized spacial score (nSPS) is 11.6. The summed E-state index contributed by atoms with van der Waals surface area (Å²) >= 11 is 0. The van der Waals surface area contributed by atoms with Gasteiger partial charge >= 0.3 is 0 Å². The summed E-state index contributed by atoms with van der Waals surface area (Å²) in [7, 11) is 0.760. The van der Waals surface area contributed by atoms with Crippen molar-refractivity contribution >= 4 is 32.4 Å². The van der Waals surface area contributed by atoms with Crippen LogP contribution in [0.25, 0.3) is 10.8 Å². The van der Waals surface area contributed by atoms with E-state index in [2.05, 4.69) is 5.32 Å². The zero-order chi connectivity index (χ0) is 20.3. The number of anilines is 1. The van der Waals surface area contributed by atoms with E-state index in [1.807, 2.05) is 42.5 Å². The second-order valence-corrected chi connectivity index (χ2v) is 8.66. The zero-order valence-corrected chi connectivity index (χ0v) is 16.8. The third-order valence-corrected chi connectivity index (χ3v) is 6.27. The summed E-state index contributed by atoms with van der Waals surface area (Å²) in [6.45, 7) is 0. The number of ether oxygens (including phenoxy) is 1. The number of hydrogen-bond donors (Lipinski definition) is 1. The van der Waals surface area contributed by atoms with Crippen molar-refractivity contribution in [2.75, 3.05) is 26.5 Å². The van der Waals surface area contributed by atoms with Crippen molar-refractivity contribution in [1.29, 1.82) is 0 Å². The molecule has 0 bridgehead atoms. The fourth-order valence-corrected chi connectivity index (χ4v) is 3.90. The quantitative estimate of drug-likeness (QED) is 0.691. The Morgan fingerprint density at radius 2 is 1.75 bits per heavy atom. The minimum atomic E-state index is -3.62. The molecule has 0 aliphatic rings. The van der Waals surface area contributed by atoms with E-state index < -0.39 is 10.0 Å². The van der Waals surface area contributed by atoms with Crippen LogP contribution in [0, 0.1) is 0 Å². The van der Waals surface area contributed by atoms with Gasteiger partial charge in [0.2, 0.25) is 15.9 Å². The predicted molar refractivity (Wildman–Crippen MR) is 110 cm³/mol. The van der Waals surface area contributed by atoms with Gasteiger partial charge in [0.25, 0.3) is 0 Å². The molecule has 0 aromatic heterocycles. The minimum absolute atomic E-state index is 0.0822. The minimum Gasteiger partial charge on any atom is -0.495 e. The summed E-state index contributed by atoms with van der Waals surface area (Å²) in [5, 5.41) is 4.85. The number of methoxy groups -OCH3 is 1. The highest BCUT2D eigenvalue weighted by molar-refractivity contribution is 7.89. The standard InChI is InChI=1S/C21H22N2O4S/c1-23(2)28(25,26)17-11-12-20(27-3)19(14-17)22-21(24)13-16-9-6-8-15-7-4-5-10-18(15)16/h4-12,14H,13H2,1-3H3,(H,22,24). The molecule has 0 saturated carbocycles. The Balaban J connectivity index is 1.89. The van der Waals surface area contributed by atoms with Gasteiger partial charge in [-0.15, -0.1) is 0 Å². The molecule has 0 unspecified atom stereocenters. The number of sulfonamides is 1. The first-order chi connectivity index (χ1) is 13.3. The van der Waals surface area contributed by atoms with Gasteiger partial charge in [-0.1, -0.05) is 42.5 Å². The molecular formula is C21H22N2O4S. The molecule has 6 nitrogen and oxygen atoms in total. The van der Waals surface area contributed by atoms with E-state index >= 15 is 0 Å². The lowest BCUT2D eigenvalue weighted by atomic mass is 10.0. The third-order valence-electron chi connectivity index (χ3n) is 4.45. The SMILES string of the molecule is COc1ccc(S(=O)(=O)N(C)C)cc1NC(=O)Cc1cccc2ccccc12. The molecule has 28 heavy (non-hydrogen) atoms. The molecule has 0 saturated heterocycles. The highest BCUT2D eigenvalue weighted by Crippen LogP contribution is 2.29. The molecule has 0 atom stereocenters. The van der Waals surface area contributed by atoms with E-state index in [1.54, 1.807) is 0 Å². The fourth-order valence-electron chi connectivity index (χ4n) is 2.97. The van der Waals surface area contributed by atoms with Gasteiger partial charge < -0.3 is 10.1 Å². The Hall–Kier alpha value is -2.90. The Bertz CT molecular complexity index is 1120. The molecular weight excluding hydrogens is 376 g/mol. The number of nitrogens with one attached hydrogen (secondary N) is 1. The molecule has 0 aliphatic heterocycles. The van der Waals surface area contributed by atoms with Crippen LogP contribution in [0.2, 0.25) is 0 Å². The number of carbonyl (C=O) groups is 1. The summed E-state index contributed by atoms with van der Waals surface area (Å²) < 4.78 is 31.2. The largest absolute Gasteiger partial charge is 0.495 e. The first-order valence-electron chi connectivity index (χ1n) is 8.70. The molecule has 3 rings (SSSR count). The van der Waals surface area contributed by atoms with E-state index in [9.17, 15) is 13.2 Å². The van der Waals surface area contributed by atoms with E-state index in [-0.39, 0.29) is 17.2 Å². The monoisotopic (exact) mass is 398 g/mol. The number of rotatable bonds is 6. The lowest BCUT2D eigenvalue weighted by Crippen LogP contribution is -2.22. The molecule has 0 heterocycles. The van der Waals surface area contributed by atoms with Crippen molar-refractivity contribution in [3.63, 3.8) is 0 Å². The number of hydrogen-bond acceptors (Lipinski definition) is 4. The van der Waals surface area contributed by atoms with Crippen LogP contribution in [0.3, 0.4) is 0 Å². The van der Waals surface area contributed by atoms with Crippen molar-refractivity contribution in [2.45, 2.75) is 11.3 Å². The maximum Gasteiger partial charge on any atom is 0.242 e. The zero-order valence-electron chi connectivity index (χ0n) is 16.0. The van der Waals surface area contributed by atoms with Crippen LogP contribution in [0.15, 0.2) is 65.6 Å². The van der Waals surface area contributed by atoms with Crippen LogP contribution in [0.4, 0.5) is 5.69 Å². The van der Waals surface area contributed by atoms with Crippen LogP contribution >= 0.6 is 0 Å². The summed E-state index contributed by atoms with van der Waals surface area (Å²) in [6, 6.07) is 18.1. The summed E-state index contributed by atoms with van der Waals surface area (Å²) in [5.41, 5.74) is 1.21. The van der Waals surface area contributed by atoms with E-state index in [1.165, 1.54) is 39.4 Å². The number of amides is 1. The lowest BCUT2D eigenvalue weighted by molar-refractivity contribution is -0.115. The molecule has 0 spiro atoms. The summed E-state index contributed by atoms with van der Waals surface area (Å²) in [5.74, 6) is 0.137. The Morgan fingerprint density at radius 1 is 1.04 bits per heavy atom. The van der Waals surface area contributed by atoms with Crippen molar-refractivity contribution < 1.29 is 17.9 Å². The molecule has 0 radical (unpaired) electrons. The van der Waals surface area contributed by atoms with Gasteiger partial charge in [-0.2, -0.15) is 0 Å². The van der Waals surface area contributed by atoms with Crippen molar-refractivity contribution in [1.82, 2.24) is 4.31 Å². The number of carbonyl (C=O) groups excluding carboxylic acids is 1. The van der Waals surface area contributed by atoms with Crippen molar-refractivity contribution in [3.8, 4) is 5.75 Å². The molecule has 3 aromatic carbocycles. The predicted octanol–water partition coefficient (Wildman–Crippen LogP) is 3.28. The van der Waals surface area contributed by atoms with Crippen LogP contribution < -0.4 is 10.1 Å². The molecule has 1 amide bonds. The Morgan fingerprint density at radius 3 is 2.46 bits per heavy atom. The van der Waals surface area contributed by atoms with Crippen LogP contribution in [0.1, 0.15) is 5.56 Å². The van der Waals surface area contributed by atoms with Crippen LogP contribution in [0.5, 0.6) is 5.75 Å². The fraction of sp³-hybridized carbons (Fsp3) is 0.190. The molecule has 0 fully saturated rings. The van der Waals surface area contributed by atoms with Crippen LogP contribution in [-0.4, -0.2) is 39.8 Å². The van der Waals surface area contributed by atoms with Gasteiger partial charge in [0.1, 0.15) is 5.75 Å². The molecule has 146 valence electrons. The van der Waals surface area contributed by atoms with E-state index in [4.69, 9.17) is 4.74 Å². The molecule has 0 aliphatic carbocycles. The highest BCUT2D eigenvalue weighted by Gasteiger charge is 2.20. The van der Waals surface area contributed by atoms with Crippen molar-refractivity contribution in [3.05, 3.63) is 66.2 Å². The molecule has 7 heteroatoms. The maximum absolute atomic E-state index is 12.7.